The van der Waals surface area contributed by atoms with Crippen LogP contribution in [0.25, 0.3) is 0 Å². The van der Waals surface area contributed by atoms with Crippen molar-refractivity contribution in [3.05, 3.63) is 11.6 Å². The van der Waals surface area contributed by atoms with E-state index in [4.69, 9.17) is 11.6 Å². The highest BCUT2D eigenvalue weighted by Crippen LogP contribution is 1.92. The minimum Gasteiger partial charge on any atom is -0.312 e. The van der Waals surface area contributed by atoms with Crippen LogP contribution >= 0.6 is 11.6 Å². The second-order valence-corrected chi connectivity index (χ2v) is 2.58. The minimum atomic E-state index is 0.686. The van der Waals surface area contributed by atoms with E-state index in [0.717, 1.165) is 13.1 Å². The largest absolute Gasteiger partial charge is 0.312 e. The highest BCUT2D eigenvalue weighted by molar-refractivity contribution is 6.29. The molecule has 0 bridgehead atoms. The second-order valence-electron chi connectivity index (χ2n) is 2.05. The van der Waals surface area contributed by atoms with Crippen molar-refractivity contribution < 1.29 is 0 Å². The fourth-order valence-electron chi connectivity index (χ4n) is 0.526. The minimum absolute atomic E-state index is 0.686. The number of unbranched alkanes of at least 4 members (excludes halogenated alkanes) is 1. The van der Waals surface area contributed by atoms with Crippen molar-refractivity contribution >= 4 is 11.6 Å². The SMILES string of the molecule is C=C(Cl)CNCCCC. The van der Waals surface area contributed by atoms with Crippen LogP contribution in [0.3, 0.4) is 0 Å². The lowest BCUT2D eigenvalue weighted by atomic mass is 10.3. The van der Waals surface area contributed by atoms with E-state index in [9.17, 15) is 0 Å². The smallest absolute Gasteiger partial charge is 0.0307 e. The molecule has 0 unspecified atom stereocenters. The first-order valence-corrected chi connectivity index (χ1v) is 3.69. The molecule has 0 aliphatic carbocycles. The standard InChI is InChI=1S/C7H14ClN/c1-3-4-5-9-6-7(2)8/h9H,2-6H2,1H3. The topological polar surface area (TPSA) is 12.0 Å². The average molecular weight is 148 g/mol. The van der Waals surface area contributed by atoms with Crippen LogP contribution in [0.5, 0.6) is 0 Å². The predicted molar refractivity (Wildman–Crippen MR) is 42.8 cm³/mol. The van der Waals surface area contributed by atoms with Crippen molar-refractivity contribution in [1.29, 1.82) is 0 Å². The van der Waals surface area contributed by atoms with Gasteiger partial charge in [-0.2, -0.15) is 0 Å². The number of hydrogen-bond donors (Lipinski definition) is 1. The van der Waals surface area contributed by atoms with E-state index in [0.29, 0.717) is 5.03 Å². The molecule has 0 aromatic rings. The maximum atomic E-state index is 5.50. The van der Waals surface area contributed by atoms with Gasteiger partial charge in [0.1, 0.15) is 0 Å². The molecule has 0 saturated carbocycles. The van der Waals surface area contributed by atoms with E-state index in [-0.39, 0.29) is 0 Å². The maximum absolute atomic E-state index is 5.50. The van der Waals surface area contributed by atoms with Crippen LogP contribution in [0.1, 0.15) is 19.8 Å². The first-order chi connectivity index (χ1) is 4.27. The van der Waals surface area contributed by atoms with Crippen LogP contribution in [0.15, 0.2) is 11.6 Å². The van der Waals surface area contributed by atoms with Crippen molar-refractivity contribution in [2.45, 2.75) is 19.8 Å². The Morgan fingerprint density at radius 3 is 2.78 bits per heavy atom. The van der Waals surface area contributed by atoms with Gasteiger partial charge in [-0.25, -0.2) is 0 Å². The lowest BCUT2D eigenvalue weighted by Crippen LogP contribution is -2.16. The first kappa shape index (κ1) is 8.99. The fraction of sp³-hybridized carbons (Fsp3) is 0.714. The Morgan fingerprint density at radius 2 is 2.33 bits per heavy atom. The van der Waals surface area contributed by atoms with Crippen LogP contribution < -0.4 is 5.32 Å². The molecule has 1 N–H and O–H groups in total. The molecule has 0 radical (unpaired) electrons. The predicted octanol–water partition coefficient (Wildman–Crippen LogP) is 2.13. The van der Waals surface area contributed by atoms with Crippen molar-refractivity contribution in [2.75, 3.05) is 13.1 Å². The van der Waals surface area contributed by atoms with E-state index in [1.165, 1.54) is 12.8 Å². The molecule has 54 valence electrons. The highest BCUT2D eigenvalue weighted by Gasteiger charge is 1.85. The third kappa shape index (κ3) is 7.99. The zero-order valence-corrected chi connectivity index (χ0v) is 6.67. The first-order valence-electron chi connectivity index (χ1n) is 3.31. The molecule has 0 heterocycles. The van der Waals surface area contributed by atoms with E-state index >= 15 is 0 Å². The molecule has 9 heavy (non-hydrogen) atoms. The van der Waals surface area contributed by atoms with Crippen molar-refractivity contribution in [3.63, 3.8) is 0 Å². The van der Waals surface area contributed by atoms with E-state index in [1.54, 1.807) is 0 Å². The zero-order valence-electron chi connectivity index (χ0n) is 5.91. The van der Waals surface area contributed by atoms with Crippen LogP contribution in [0, 0.1) is 0 Å². The molecule has 1 nitrogen and oxygen atoms in total. The summed E-state index contributed by atoms with van der Waals surface area (Å²) in [4.78, 5) is 0. The fourth-order valence-corrected chi connectivity index (χ4v) is 0.620. The molecule has 0 aromatic carbocycles. The molecule has 0 aromatic heterocycles. The van der Waals surface area contributed by atoms with Gasteiger partial charge in [0.05, 0.1) is 0 Å². The van der Waals surface area contributed by atoms with E-state index < -0.39 is 0 Å². The summed E-state index contributed by atoms with van der Waals surface area (Å²) < 4.78 is 0. The summed E-state index contributed by atoms with van der Waals surface area (Å²) in [7, 11) is 0. The number of rotatable bonds is 5. The second kappa shape index (κ2) is 6.12. The Kier molecular flexibility index (Phi) is 6.11. The molecule has 2 heteroatoms. The molecule has 0 spiro atoms. The van der Waals surface area contributed by atoms with Gasteiger partial charge in [0.25, 0.3) is 0 Å². The van der Waals surface area contributed by atoms with Gasteiger partial charge in [-0.3, -0.25) is 0 Å². The quantitative estimate of drug-likeness (QED) is 0.588. The number of nitrogens with one attached hydrogen (secondary N) is 1. The van der Waals surface area contributed by atoms with Gasteiger partial charge in [0.15, 0.2) is 0 Å². The van der Waals surface area contributed by atoms with Crippen molar-refractivity contribution in [3.8, 4) is 0 Å². The summed E-state index contributed by atoms with van der Waals surface area (Å²) in [6.45, 7) is 7.50. The van der Waals surface area contributed by atoms with Crippen LogP contribution in [-0.4, -0.2) is 13.1 Å². The van der Waals surface area contributed by atoms with Gasteiger partial charge in [0.2, 0.25) is 0 Å². The summed E-state index contributed by atoms with van der Waals surface area (Å²) >= 11 is 5.50. The normalized spacial score (nSPS) is 9.56. The molecule has 0 amide bonds. The van der Waals surface area contributed by atoms with Crippen LogP contribution in [-0.2, 0) is 0 Å². The molecular weight excluding hydrogens is 134 g/mol. The van der Waals surface area contributed by atoms with Gasteiger partial charge >= 0.3 is 0 Å². The average Bonchev–Trinajstić information content (AvgIpc) is 1.80. The summed E-state index contributed by atoms with van der Waals surface area (Å²) in [5, 5.41) is 3.84. The number of hydrogen-bond acceptors (Lipinski definition) is 1. The molecule has 0 rings (SSSR count). The Labute approximate surface area is 62.1 Å². The van der Waals surface area contributed by atoms with Gasteiger partial charge in [-0.15, -0.1) is 0 Å². The van der Waals surface area contributed by atoms with E-state index in [2.05, 4.69) is 18.8 Å². The molecule has 0 aliphatic heterocycles. The van der Waals surface area contributed by atoms with Crippen LogP contribution in [0.2, 0.25) is 0 Å². The van der Waals surface area contributed by atoms with Gasteiger partial charge in [0, 0.05) is 11.6 Å². The Bertz CT molecular complexity index is 81.0. The molecule has 0 saturated heterocycles. The van der Waals surface area contributed by atoms with Gasteiger partial charge in [-0.1, -0.05) is 31.5 Å². The summed E-state index contributed by atoms with van der Waals surface area (Å²) in [5.41, 5.74) is 0. The third-order valence-electron chi connectivity index (χ3n) is 1.02. The third-order valence-corrected chi connectivity index (χ3v) is 1.16. The molecule has 0 fully saturated rings. The van der Waals surface area contributed by atoms with E-state index in [1.807, 2.05) is 0 Å². The molecular formula is C7H14ClN. The zero-order chi connectivity index (χ0) is 7.11. The Hall–Kier alpha value is -0.0100. The lowest BCUT2D eigenvalue weighted by Gasteiger charge is -1.99. The molecule has 0 aliphatic rings. The summed E-state index contributed by atoms with van der Waals surface area (Å²) in [6.07, 6.45) is 2.44. The summed E-state index contributed by atoms with van der Waals surface area (Å²) in [6, 6.07) is 0. The van der Waals surface area contributed by atoms with Crippen molar-refractivity contribution in [2.24, 2.45) is 0 Å². The lowest BCUT2D eigenvalue weighted by molar-refractivity contribution is 0.679. The number of halogens is 1. The van der Waals surface area contributed by atoms with Crippen LogP contribution in [0.4, 0.5) is 0 Å². The Balaban J connectivity index is 2.83. The summed E-state index contributed by atoms with van der Waals surface area (Å²) in [5.74, 6) is 0. The molecule has 0 atom stereocenters. The Morgan fingerprint density at radius 1 is 1.67 bits per heavy atom. The monoisotopic (exact) mass is 147 g/mol. The van der Waals surface area contributed by atoms with Gasteiger partial charge in [-0.05, 0) is 13.0 Å². The van der Waals surface area contributed by atoms with Gasteiger partial charge < -0.3 is 5.32 Å². The highest BCUT2D eigenvalue weighted by atomic mass is 35.5. The van der Waals surface area contributed by atoms with Crippen molar-refractivity contribution in [1.82, 2.24) is 5.32 Å². The maximum Gasteiger partial charge on any atom is 0.0307 e.